The van der Waals surface area contributed by atoms with Crippen molar-refractivity contribution in [1.82, 2.24) is 10.6 Å². The molecule has 1 aromatic carbocycles. The fourth-order valence-electron chi connectivity index (χ4n) is 2.27. The number of hydrogen-bond donors (Lipinski definition) is 2. The molecular weight excluding hydrogens is 338 g/mol. The van der Waals surface area contributed by atoms with Gasteiger partial charge in [-0.2, -0.15) is 0 Å². The number of amides is 2. The van der Waals surface area contributed by atoms with E-state index in [1.54, 1.807) is 27.7 Å². The van der Waals surface area contributed by atoms with Crippen molar-refractivity contribution in [2.45, 2.75) is 58.2 Å². The molecular formula is C18H27N3O5. The minimum absolute atomic E-state index is 0.251. The van der Waals surface area contributed by atoms with Gasteiger partial charge in [-0.3, -0.25) is 14.9 Å². The van der Waals surface area contributed by atoms with E-state index < -0.39 is 34.6 Å². The third kappa shape index (κ3) is 8.46. The molecule has 2 N–H and O–H groups in total. The van der Waals surface area contributed by atoms with E-state index in [1.807, 2.05) is 30.3 Å². The summed E-state index contributed by atoms with van der Waals surface area (Å²) in [6, 6.07) is 7.70. The van der Waals surface area contributed by atoms with Crippen LogP contribution in [0, 0.1) is 10.1 Å². The van der Waals surface area contributed by atoms with Gasteiger partial charge >= 0.3 is 6.09 Å². The Kier molecular flexibility index (Phi) is 8.02. The number of ether oxygens (including phenoxy) is 1. The second kappa shape index (κ2) is 9.74. The lowest BCUT2D eigenvalue weighted by Crippen LogP contribution is -2.52. The number of hydrogen-bond acceptors (Lipinski definition) is 5. The molecule has 0 spiro atoms. The van der Waals surface area contributed by atoms with Crippen molar-refractivity contribution in [2.24, 2.45) is 0 Å². The molecule has 0 aliphatic rings. The number of carbonyl (C=O) groups excluding carboxylic acids is 2. The smallest absolute Gasteiger partial charge is 0.408 e. The molecule has 0 radical (unpaired) electrons. The maximum Gasteiger partial charge on any atom is 0.408 e. The third-order valence-electron chi connectivity index (χ3n) is 3.50. The lowest BCUT2D eigenvalue weighted by molar-refractivity contribution is -0.483. The topological polar surface area (TPSA) is 111 Å². The highest BCUT2D eigenvalue weighted by Gasteiger charge is 2.27. The first-order valence-electron chi connectivity index (χ1n) is 8.56. The molecule has 144 valence electrons. The Bertz CT molecular complexity index is 613. The zero-order chi connectivity index (χ0) is 19.7. The van der Waals surface area contributed by atoms with Crippen LogP contribution in [0.4, 0.5) is 4.79 Å². The molecule has 8 nitrogen and oxygen atoms in total. The molecule has 0 bridgehead atoms. The van der Waals surface area contributed by atoms with Crippen LogP contribution in [-0.4, -0.2) is 41.2 Å². The van der Waals surface area contributed by atoms with Crippen LogP contribution in [-0.2, 0) is 16.0 Å². The van der Waals surface area contributed by atoms with E-state index in [0.29, 0.717) is 6.42 Å². The van der Waals surface area contributed by atoms with Crippen molar-refractivity contribution in [1.29, 1.82) is 0 Å². The molecule has 0 aromatic heterocycles. The largest absolute Gasteiger partial charge is 0.444 e. The highest BCUT2D eigenvalue weighted by Crippen LogP contribution is 2.09. The van der Waals surface area contributed by atoms with Crippen molar-refractivity contribution in [3.63, 3.8) is 0 Å². The Morgan fingerprint density at radius 1 is 1.19 bits per heavy atom. The van der Waals surface area contributed by atoms with Crippen molar-refractivity contribution >= 4 is 12.0 Å². The van der Waals surface area contributed by atoms with Crippen LogP contribution in [0.15, 0.2) is 30.3 Å². The van der Waals surface area contributed by atoms with Crippen molar-refractivity contribution in [3.05, 3.63) is 46.0 Å². The quantitative estimate of drug-likeness (QED) is 0.542. The first-order chi connectivity index (χ1) is 12.1. The molecule has 26 heavy (non-hydrogen) atoms. The molecule has 1 aromatic rings. The molecule has 8 heteroatoms. The Hall–Kier alpha value is -2.64. The number of rotatable bonds is 8. The number of nitrogens with zero attached hydrogens (tertiary/aromatic N) is 1. The maximum atomic E-state index is 12.6. The van der Waals surface area contributed by atoms with Gasteiger partial charge in [0, 0.05) is 11.3 Å². The van der Waals surface area contributed by atoms with Gasteiger partial charge < -0.3 is 15.4 Å². The molecule has 0 heterocycles. The summed E-state index contributed by atoms with van der Waals surface area (Å²) in [6.45, 7) is 6.56. The highest BCUT2D eigenvalue weighted by atomic mass is 16.6. The van der Waals surface area contributed by atoms with Gasteiger partial charge in [-0.15, -0.1) is 0 Å². The number of carbonyl (C=O) groups is 2. The zero-order valence-electron chi connectivity index (χ0n) is 15.7. The Labute approximate surface area is 153 Å². The van der Waals surface area contributed by atoms with Gasteiger partial charge in [0.05, 0.1) is 6.04 Å². The lowest BCUT2D eigenvalue weighted by Gasteiger charge is -2.24. The monoisotopic (exact) mass is 365 g/mol. The second-order valence-corrected chi connectivity index (χ2v) is 7.02. The molecule has 0 fully saturated rings. The first kappa shape index (κ1) is 21.4. The summed E-state index contributed by atoms with van der Waals surface area (Å²) in [4.78, 5) is 34.9. The summed E-state index contributed by atoms with van der Waals surface area (Å²) in [5, 5.41) is 15.9. The molecule has 2 unspecified atom stereocenters. The van der Waals surface area contributed by atoms with Crippen LogP contribution in [0.5, 0.6) is 0 Å². The van der Waals surface area contributed by atoms with E-state index in [2.05, 4.69) is 10.6 Å². The average Bonchev–Trinajstić information content (AvgIpc) is 2.52. The molecule has 0 saturated heterocycles. The summed E-state index contributed by atoms with van der Waals surface area (Å²) < 4.78 is 5.21. The molecule has 0 aliphatic carbocycles. The molecule has 2 atom stereocenters. The minimum atomic E-state index is -0.895. The molecule has 1 rings (SSSR count). The van der Waals surface area contributed by atoms with Gasteiger partial charge in [0.2, 0.25) is 12.5 Å². The van der Waals surface area contributed by atoms with E-state index in [-0.39, 0.29) is 13.0 Å². The van der Waals surface area contributed by atoms with Gasteiger partial charge in [0.15, 0.2) is 0 Å². The third-order valence-corrected chi connectivity index (χ3v) is 3.50. The van der Waals surface area contributed by atoms with E-state index in [1.165, 1.54) is 0 Å². The van der Waals surface area contributed by atoms with Crippen LogP contribution < -0.4 is 10.6 Å². The highest BCUT2D eigenvalue weighted by molar-refractivity contribution is 5.86. The summed E-state index contributed by atoms with van der Waals surface area (Å²) in [7, 11) is 0. The van der Waals surface area contributed by atoms with Crippen molar-refractivity contribution in [2.75, 3.05) is 6.54 Å². The maximum absolute atomic E-state index is 12.6. The first-order valence-corrected chi connectivity index (χ1v) is 8.56. The van der Waals surface area contributed by atoms with E-state index in [0.717, 1.165) is 5.56 Å². The van der Waals surface area contributed by atoms with Crippen LogP contribution in [0.2, 0.25) is 0 Å². The predicted octanol–water partition coefficient (Wildman–Crippen LogP) is 2.29. The minimum Gasteiger partial charge on any atom is -0.444 e. The second-order valence-electron chi connectivity index (χ2n) is 7.02. The normalized spacial score (nSPS) is 13.4. The molecule has 0 aliphatic heterocycles. The Morgan fingerprint density at radius 2 is 1.81 bits per heavy atom. The fourth-order valence-corrected chi connectivity index (χ4v) is 2.27. The number of nitrogens with one attached hydrogen (secondary N) is 2. The predicted molar refractivity (Wildman–Crippen MR) is 97.4 cm³/mol. The van der Waals surface area contributed by atoms with E-state index >= 15 is 0 Å². The fraction of sp³-hybridized carbons (Fsp3) is 0.556. The van der Waals surface area contributed by atoms with Gasteiger partial charge in [-0.05, 0) is 32.8 Å². The van der Waals surface area contributed by atoms with Gasteiger partial charge in [0.25, 0.3) is 0 Å². The van der Waals surface area contributed by atoms with Crippen LogP contribution in [0.3, 0.4) is 0 Å². The number of nitro groups is 1. The SMILES string of the molecule is CCC(C[N+](=O)[O-])NC(=O)C(Cc1ccccc1)NC(=O)OC(C)(C)C. The van der Waals surface area contributed by atoms with Gasteiger partial charge in [-0.1, -0.05) is 37.3 Å². The summed E-state index contributed by atoms with van der Waals surface area (Å²) in [6.07, 6.45) is -0.0474. The van der Waals surface area contributed by atoms with Crippen molar-refractivity contribution in [3.8, 4) is 0 Å². The van der Waals surface area contributed by atoms with Gasteiger partial charge in [0.1, 0.15) is 11.6 Å². The van der Waals surface area contributed by atoms with E-state index in [4.69, 9.17) is 4.74 Å². The standard InChI is InChI=1S/C18H27N3O5/c1-5-14(12-21(24)25)19-16(22)15(11-13-9-7-6-8-10-13)20-17(23)26-18(2,3)4/h6-10,14-15H,5,11-12H2,1-4H3,(H,19,22)(H,20,23). The Balaban J connectivity index is 2.86. The van der Waals surface area contributed by atoms with E-state index in [9.17, 15) is 19.7 Å². The van der Waals surface area contributed by atoms with Crippen LogP contribution >= 0.6 is 0 Å². The molecule has 0 saturated carbocycles. The lowest BCUT2D eigenvalue weighted by atomic mass is 10.0. The summed E-state index contributed by atoms with van der Waals surface area (Å²) in [5.74, 6) is -0.478. The van der Waals surface area contributed by atoms with Crippen molar-refractivity contribution < 1.29 is 19.2 Å². The zero-order valence-corrected chi connectivity index (χ0v) is 15.7. The number of benzene rings is 1. The Morgan fingerprint density at radius 3 is 2.31 bits per heavy atom. The average molecular weight is 365 g/mol. The van der Waals surface area contributed by atoms with Crippen LogP contribution in [0.1, 0.15) is 39.7 Å². The summed E-state index contributed by atoms with van der Waals surface area (Å²) >= 11 is 0. The summed E-state index contributed by atoms with van der Waals surface area (Å²) in [5.41, 5.74) is 0.154. The number of alkyl carbamates (subject to hydrolysis) is 1. The van der Waals surface area contributed by atoms with Crippen LogP contribution in [0.25, 0.3) is 0 Å². The van der Waals surface area contributed by atoms with Gasteiger partial charge in [-0.25, -0.2) is 4.79 Å². The molecule has 2 amide bonds.